The van der Waals surface area contributed by atoms with Crippen molar-refractivity contribution in [1.29, 1.82) is 0 Å². The number of hydrogen-bond acceptors (Lipinski definition) is 3. The standard InChI is InChI=1S/C10H21NO2/c1-8(2)13-7-10(12)6-9-4-3-5-11-9/h8-12H,3-7H2,1-2H3/t9?,10-/m1/s1. The van der Waals surface area contributed by atoms with E-state index in [1.807, 2.05) is 13.8 Å². The number of aliphatic hydroxyl groups excluding tert-OH is 1. The Kier molecular flexibility index (Phi) is 4.70. The molecule has 0 amide bonds. The van der Waals surface area contributed by atoms with E-state index in [4.69, 9.17) is 4.74 Å². The second kappa shape index (κ2) is 5.58. The summed E-state index contributed by atoms with van der Waals surface area (Å²) in [5.41, 5.74) is 0. The molecule has 2 N–H and O–H groups in total. The van der Waals surface area contributed by atoms with Gasteiger partial charge in [0.05, 0.1) is 18.8 Å². The second-order valence-electron chi connectivity index (χ2n) is 4.06. The van der Waals surface area contributed by atoms with Crippen molar-refractivity contribution in [2.75, 3.05) is 13.2 Å². The highest BCUT2D eigenvalue weighted by atomic mass is 16.5. The highest BCUT2D eigenvalue weighted by Crippen LogP contribution is 2.11. The van der Waals surface area contributed by atoms with Gasteiger partial charge in [0.25, 0.3) is 0 Å². The van der Waals surface area contributed by atoms with E-state index >= 15 is 0 Å². The lowest BCUT2D eigenvalue weighted by molar-refractivity contribution is -0.000454. The lowest BCUT2D eigenvalue weighted by atomic mass is 10.1. The van der Waals surface area contributed by atoms with Crippen molar-refractivity contribution >= 4 is 0 Å². The third-order valence-corrected chi connectivity index (χ3v) is 2.34. The van der Waals surface area contributed by atoms with Crippen LogP contribution in [0, 0.1) is 0 Å². The third-order valence-electron chi connectivity index (χ3n) is 2.34. The van der Waals surface area contributed by atoms with E-state index in [-0.39, 0.29) is 12.2 Å². The van der Waals surface area contributed by atoms with Gasteiger partial charge in [0.15, 0.2) is 0 Å². The maximum Gasteiger partial charge on any atom is 0.0788 e. The molecule has 0 aromatic carbocycles. The van der Waals surface area contributed by atoms with E-state index in [1.165, 1.54) is 12.8 Å². The topological polar surface area (TPSA) is 41.5 Å². The minimum atomic E-state index is -0.307. The number of rotatable bonds is 5. The number of hydrogen-bond donors (Lipinski definition) is 2. The minimum absolute atomic E-state index is 0.214. The van der Waals surface area contributed by atoms with Crippen LogP contribution in [-0.2, 0) is 4.74 Å². The predicted octanol–water partition coefficient (Wildman–Crippen LogP) is 0.914. The van der Waals surface area contributed by atoms with Gasteiger partial charge >= 0.3 is 0 Å². The Hall–Kier alpha value is -0.120. The first-order valence-electron chi connectivity index (χ1n) is 5.21. The molecule has 0 aliphatic carbocycles. The smallest absolute Gasteiger partial charge is 0.0788 e. The molecule has 1 aliphatic rings. The molecule has 0 aromatic heterocycles. The normalized spacial score (nSPS) is 25.4. The van der Waals surface area contributed by atoms with Crippen LogP contribution in [0.25, 0.3) is 0 Å². The first-order chi connectivity index (χ1) is 6.18. The van der Waals surface area contributed by atoms with Gasteiger partial charge in [-0.25, -0.2) is 0 Å². The monoisotopic (exact) mass is 187 g/mol. The largest absolute Gasteiger partial charge is 0.391 e. The molecule has 2 atom stereocenters. The quantitative estimate of drug-likeness (QED) is 0.672. The van der Waals surface area contributed by atoms with Gasteiger partial charge in [0.1, 0.15) is 0 Å². The van der Waals surface area contributed by atoms with E-state index < -0.39 is 0 Å². The summed E-state index contributed by atoms with van der Waals surface area (Å²) in [6.07, 6.45) is 3.16. The molecule has 13 heavy (non-hydrogen) atoms. The van der Waals surface area contributed by atoms with E-state index in [1.54, 1.807) is 0 Å². The fourth-order valence-electron chi connectivity index (χ4n) is 1.66. The van der Waals surface area contributed by atoms with Gasteiger partial charge in [-0.2, -0.15) is 0 Å². The first kappa shape index (κ1) is 11.0. The summed E-state index contributed by atoms with van der Waals surface area (Å²) in [6, 6.07) is 0.505. The summed E-state index contributed by atoms with van der Waals surface area (Å²) >= 11 is 0. The van der Waals surface area contributed by atoms with Crippen LogP contribution < -0.4 is 5.32 Å². The van der Waals surface area contributed by atoms with Crippen molar-refractivity contribution in [3.05, 3.63) is 0 Å². The Morgan fingerprint density at radius 2 is 2.31 bits per heavy atom. The van der Waals surface area contributed by atoms with Crippen molar-refractivity contribution < 1.29 is 9.84 Å². The molecule has 1 saturated heterocycles. The maximum atomic E-state index is 9.59. The van der Waals surface area contributed by atoms with Crippen molar-refractivity contribution in [1.82, 2.24) is 5.32 Å². The second-order valence-corrected chi connectivity index (χ2v) is 4.06. The van der Waals surface area contributed by atoms with E-state index in [0.29, 0.717) is 12.6 Å². The van der Waals surface area contributed by atoms with E-state index in [9.17, 15) is 5.11 Å². The van der Waals surface area contributed by atoms with Crippen LogP contribution >= 0.6 is 0 Å². The van der Waals surface area contributed by atoms with Crippen molar-refractivity contribution in [2.45, 2.75) is 51.4 Å². The zero-order chi connectivity index (χ0) is 9.68. The average molecular weight is 187 g/mol. The molecule has 0 aromatic rings. The SMILES string of the molecule is CC(C)OC[C@H](O)CC1CCCN1. The van der Waals surface area contributed by atoms with Gasteiger partial charge in [-0.3, -0.25) is 0 Å². The average Bonchev–Trinajstić information content (AvgIpc) is 2.53. The van der Waals surface area contributed by atoms with Crippen LogP contribution in [-0.4, -0.2) is 36.5 Å². The molecule has 1 heterocycles. The summed E-state index contributed by atoms with van der Waals surface area (Å²) in [5, 5.41) is 13.0. The minimum Gasteiger partial charge on any atom is -0.391 e. The molecule has 1 unspecified atom stereocenters. The molecule has 0 saturated carbocycles. The Bertz CT molecular complexity index is 133. The summed E-state index contributed by atoms with van der Waals surface area (Å²) in [5.74, 6) is 0. The van der Waals surface area contributed by atoms with Crippen LogP contribution in [0.4, 0.5) is 0 Å². The van der Waals surface area contributed by atoms with Crippen LogP contribution in [0.2, 0.25) is 0 Å². The molecule has 0 radical (unpaired) electrons. The highest BCUT2D eigenvalue weighted by molar-refractivity contribution is 4.76. The van der Waals surface area contributed by atoms with Gasteiger partial charge in [0, 0.05) is 6.04 Å². The fourth-order valence-corrected chi connectivity index (χ4v) is 1.66. The third kappa shape index (κ3) is 4.60. The molecule has 1 rings (SSSR count). The number of nitrogens with one attached hydrogen (secondary N) is 1. The molecule has 3 nitrogen and oxygen atoms in total. The Morgan fingerprint density at radius 3 is 2.85 bits per heavy atom. The molecule has 1 fully saturated rings. The number of aliphatic hydroxyl groups is 1. The molecule has 3 heteroatoms. The highest BCUT2D eigenvalue weighted by Gasteiger charge is 2.18. The van der Waals surface area contributed by atoms with Crippen molar-refractivity contribution in [3.8, 4) is 0 Å². The van der Waals surface area contributed by atoms with E-state index in [0.717, 1.165) is 13.0 Å². The first-order valence-corrected chi connectivity index (χ1v) is 5.21. The number of ether oxygens (including phenoxy) is 1. The van der Waals surface area contributed by atoms with Gasteiger partial charge < -0.3 is 15.2 Å². The van der Waals surface area contributed by atoms with Crippen molar-refractivity contribution in [3.63, 3.8) is 0 Å². The fraction of sp³-hybridized carbons (Fsp3) is 1.00. The molecule has 0 spiro atoms. The Balaban J connectivity index is 2.05. The molecule has 78 valence electrons. The zero-order valence-electron chi connectivity index (χ0n) is 8.62. The molecule has 1 aliphatic heterocycles. The summed E-state index contributed by atoms with van der Waals surface area (Å²) in [7, 11) is 0. The summed E-state index contributed by atoms with van der Waals surface area (Å²) < 4.78 is 5.34. The Labute approximate surface area is 80.5 Å². The summed E-state index contributed by atoms with van der Waals surface area (Å²) in [6.45, 7) is 5.54. The Morgan fingerprint density at radius 1 is 1.54 bits per heavy atom. The predicted molar refractivity (Wildman–Crippen MR) is 52.7 cm³/mol. The lowest BCUT2D eigenvalue weighted by Crippen LogP contribution is -2.29. The van der Waals surface area contributed by atoms with Crippen LogP contribution in [0.1, 0.15) is 33.1 Å². The molecular formula is C10H21NO2. The molecular weight excluding hydrogens is 166 g/mol. The van der Waals surface area contributed by atoms with Crippen LogP contribution in [0.15, 0.2) is 0 Å². The zero-order valence-corrected chi connectivity index (χ0v) is 8.62. The van der Waals surface area contributed by atoms with Crippen LogP contribution in [0.3, 0.4) is 0 Å². The van der Waals surface area contributed by atoms with Gasteiger partial charge in [-0.15, -0.1) is 0 Å². The van der Waals surface area contributed by atoms with Crippen molar-refractivity contribution in [2.24, 2.45) is 0 Å². The maximum absolute atomic E-state index is 9.59. The van der Waals surface area contributed by atoms with Gasteiger partial charge in [-0.1, -0.05) is 0 Å². The summed E-state index contributed by atoms with van der Waals surface area (Å²) in [4.78, 5) is 0. The van der Waals surface area contributed by atoms with E-state index in [2.05, 4.69) is 5.32 Å². The van der Waals surface area contributed by atoms with Crippen LogP contribution in [0.5, 0.6) is 0 Å². The van der Waals surface area contributed by atoms with Gasteiger partial charge in [0.2, 0.25) is 0 Å². The lowest BCUT2D eigenvalue weighted by Gasteiger charge is -2.17. The molecule has 0 bridgehead atoms. The van der Waals surface area contributed by atoms with Gasteiger partial charge in [-0.05, 0) is 39.7 Å².